The van der Waals surface area contributed by atoms with Crippen molar-refractivity contribution in [3.63, 3.8) is 0 Å². The lowest BCUT2D eigenvalue weighted by Crippen LogP contribution is -2.50. The van der Waals surface area contributed by atoms with E-state index in [0.717, 1.165) is 4.47 Å². The molecule has 0 saturated carbocycles. The van der Waals surface area contributed by atoms with Gasteiger partial charge in [-0.15, -0.1) is 0 Å². The van der Waals surface area contributed by atoms with Crippen LogP contribution in [0.1, 0.15) is 24.2 Å². The van der Waals surface area contributed by atoms with Crippen LogP contribution in [0.4, 0.5) is 0 Å². The van der Waals surface area contributed by atoms with E-state index in [1.807, 2.05) is 0 Å². The number of carbonyl (C=O) groups excluding carboxylic acids is 2. The molecule has 0 aliphatic rings. The van der Waals surface area contributed by atoms with Crippen LogP contribution >= 0.6 is 15.9 Å². The van der Waals surface area contributed by atoms with Crippen molar-refractivity contribution >= 4 is 27.8 Å². The van der Waals surface area contributed by atoms with Crippen molar-refractivity contribution in [2.75, 3.05) is 0 Å². The van der Waals surface area contributed by atoms with E-state index >= 15 is 0 Å². The van der Waals surface area contributed by atoms with Crippen LogP contribution in [0, 0.1) is 5.92 Å². The summed E-state index contributed by atoms with van der Waals surface area (Å²) in [7, 11) is 0. The highest BCUT2D eigenvalue weighted by atomic mass is 79.9. The van der Waals surface area contributed by atoms with Crippen molar-refractivity contribution in [1.29, 1.82) is 0 Å². The summed E-state index contributed by atoms with van der Waals surface area (Å²) in [4.78, 5) is 22.6. The number of hydrogen-bond acceptors (Lipinski definition) is 3. The first-order chi connectivity index (χ1) is 7.91. The van der Waals surface area contributed by atoms with E-state index in [1.54, 1.807) is 38.1 Å². The van der Waals surface area contributed by atoms with E-state index in [2.05, 4.69) is 21.2 Å². The van der Waals surface area contributed by atoms with Gasteiger partial charge in [-0.3, -0.25) is 4.79 Å². The summed E-state index contributed by atoms with van der Waals surface area (Å²) < 4.78 is 0.856. The summed E-state index contributed by atoms with van der Waals surface area (Å²) in [6, 6.07) is 5.69. The van der Waals surface area contributed by atoms with Gasteiger partial charge in [-0.2, -0.15) is 0 Å². The van der Waals surface area contributed by atoms with Gasteiger partial charge in [0.15, 0.2) is 0 Å². The maximum Gasteiger partial charge on any atom is 0.251 e. The quantitative estimate of drug-likeness (QED) is 0.900. The van der Waals surface area contributed by atoms with Gasteiger partial charge in [-0.1, -0.05) is 29.8 Å². The second kappa shape index (κ2) is 5.82. The molecule has 0 saturated heterocycles. The summed E-state index contributed by atoms with van der Waals surface area (Å²) in [6.07, 6.45) is 0. The van der Waals surface area contributed by atoms with Crippen molar-refractivity contribution in [3.05, 3.63) is 34.3 Å². The van der Waals surface area contributed by atoms with Crippen LogP contribution in [0.25, 0.3) is 0 Å². The Morgan fingerprint density at radius 2 is 1.76 bits per heavy atom. The molecule has 0 aliphatic heterocycles. The Balaban J connectivity index is 2.77. The summed E-state index contributed by atoms with van der Waals surface area (Å²) in [5.74, 6) is -1.91. The Bertz CT molecular complexity index is 414. The van der Waals surface area contributed by atoms with E-state index in [0.29, 0.717) is 5.56 Å². The third-order valence-electron chi connectivity index (χ3n) is 2.31. The standard InChI is InChI=1S/C12H14BrNO3/c1-7(2)10(12(16)17)14-11(15)8-3-5-9(13)6-4-8/h3-7,10H,1-2H3,(H,14,15)(H,16,17)/p-1/t10-/m1/s1. The average Bonchev–Trinajstić information content (AvgIpc) is 2.25. The topological polar surface area (TPSA) is 69.2 Å². The highest BCUT2D eigenvalue weighted by molar-refractivity contribution is 9.10. The van der Waals surface area contributed by atoms with Gasteiger partial charge in [0.2, 0.25) is 0 Å². The third kappa shape index (κ3) is 3.85. The minimum Gasteiger partial charge on any atom is -0.548 e. The number of benzene rings is 1. The molecule has 0 spiro atoms. The van der Waals surface area contributed by atoms with Gasteiger partial charge < -0.3 is 15.2 Å². The van der Waals surface area contributed by atoms with Crippen LogP contribution in [-0.4, -0.2) is 17.9 Å². The van der Waals surface area contributed by atoms with Gasteiger partial charge in [-0.25, -0.2) is 0 Å². The number of carbonyl (C=O) groups is 2. The van der Waals surface area contributed by atoms with Crippen molar-refractivity contribution in [2.45, 2.75) is 19.9 Å². The van der Waals surface area contributed by atoms with Gasteiger partial charge in [0.05, 0.1) is 12.0 Å². The molecule has 0 bridgehead atoms. The lowest BCUT2D eigenvalue weighted by Gasteiger charge is -2.23. The van der Waals surface area contributed by atoms with Crippen molar-refractivity contribution in [1.82, 2.24) is 5.32 Å². The monoisotopic (exact) mass is 298 g/mol. The van der Waals surface area contributed by atoms with Gasteiger partial charge in [0.25, 0.3) is 5.91 Å². The highest BCUT2D eigenvalue weighted by Crippen LogP contribution is 2.11. The largest absolute Gasteiger partial charge is 0.548 e. The Morgan fingerprint density at radius 3 is 2.18 bits per heavy atom. The van der Waals surface area contributed by atoms with Crippen LogP contribution in [0.2, 0.25) is 0 Å². The SMILES string of the molecule is CC(C)[C@@H](NC(=O)c1ccc(Br)cc1)C(=O)[O-]. The van der Waals surface area contributed by atoms with Crippen LogP contribution < -0.4 is 10.4 Å². The number of halogens is 1. The minimum absolute atomic E-state index is 0.223. The van der Waals surface area contributed by atoms with Crippen LogP contribution in [0.15, 0.2) is 28.7 Å². The van der Waals surface area contributed by atoms with E-state index in [4.69, 9.17) is 0 Å². The Hall–Kier alpha value is -1.36. The average molecular weight is 299 g/mol. The molecule has 4 nitrogen and oxygen atoms in total. The first-order valence-electron chi connectivity index (χ1n) is 5.19. The molecule has 0 aliphatic carbocycles. The molecule has 1 N–H and O–H groups in total. The molecule has 0 fully saturated rings. The number of carboxylic acid groups (broad SMARTS) is 1. The first kappa shape index (κ1) is 13.7. The molecule has 92 valence electrons. The lowest BCUT2D eigenvalue weighted by atomic mass is 10.0. The predicted octanol–water partition coefficient (Wildman–Crippen LogP) is 0.953. The highest BCUT2D eigenvalue weighted by Gasteiger charge is 2.17. The number of carboxylic acids is 1. The molecular formula is C12H13BrNO3-. The minimum atomic E-state index is -1.27. The van der Waals surface area contributed by atoms with Gasteiger partial charge in [-0.05, 0) is 30.2 Å². The molecule has 0 aromatic heterocycles. The van der Waals surface area contributed by atoms with E-state index in [1.165, 1.54) is 0 Å². The number of nitrogens with one attached hydrogen (secondary N) is 1. The number of amides is 1. The van der Waals surface area contributed by atoms with Crippen LogP contribution in [0.5, 0.6) is 0 Å². The summed E-state index contributed by atoms with van der Waals surface area (Å²) in [5, 5.41) is 13.3. The molecule has 1 atom stereocenters. The molecule has 1 aromatic carbocycles. The fourth-order valence-electron chi connectivity index (χ4n) is 1.32. The zero-order chi connectivity index (χ0) is 13.0. The zero-order valence-corrected chi connectivity index (χ0v) is 11.2. The van der Waals surface area contributed by atoms with Crippen LogP contribution in [-0.2, 0) is 4.79 Å². The summed E-state index contributed by atoms with van der Waals surface area (Å²) in [5.41, 5.74) is 0.417. The summed E-state index contributed by atoms with van der Waals surface area (Å²) >= 11 is 3.26. The molecule has 17 heavy (non-hydrogen) atoms. The first-order valence-corrected chi connectivity index (χ1v) is 5.98. The Morgan fingerprint density at radius 1 is 1.24 bits per heavy atom. The van der Waals surface area contributed by atoms with Crippen molar-refractivity contribution in [3.8, 4) is 0 Å². The van der Waals surface area contributed by atoms with Crippen molar-refractivity contribution in [2.24, 2.45) is 5.92 Å². The smallest absolute Gasteiger partial charge is 0.251 e. The second-order valence-electron chi connectivity index (χ2n) is 4.02. The zero-order valence-electron chi connectivity index (χ0n) is 9.57. The second-order valence-corrected chi connectivity index (χ2v) is 4.94. The molecule has 0 radical (unpaired) electrons. The fourth-order valence-corrected chi connectivity index (χ4v) is 1.59. The Kier molecular flexibility index (Phi) is 4.69. The summed E-state index contributed by atoms with van der Waals surface area (Å²) in [6.45, 7) is 3.42. The van der Waals surface area contributed by atoms with E-state index in [-0.39, 0.29) is 5.92 Å². The van der Waals surface area contributed by atoms with Crippen LogP contribution in [0.3, 0.4) is 0 Å². The number of rotatable bonds is 4. The van der Waals surface area contributed by atoms with E-state index in [9.17, 15) is 14.7 Å². The molecule has 1 aromatic rings. The molecule has 0 heterocycles. The molecule has 0 unspecified atom stereocenters. The number of aliphatic carboxylic acids is 1. The fraction of sp³-hybridized carbons (Fsp3) is 0.333. The van der Waals surface area contributed by atoms with Crippen molar-refractivity contribution < 1.29 is 14.7 Å². The maximum atomic E-state index is 11.8. The lowest BCUT2D eigenvalue weighted by molar-refractivity contribution is -0.309. The number of hydrogen-bond donors (Lipinski definition) is 1. The Labute approximate surface area is 108 Å². The predicted molar refractivity (Wildman–Crippen MR) is 65.2 cm³/mol. The van der Waals surface area contributed by atoms with Gasteiger partial charge in [0, 0.05) is 10.0 Å². The normalized spacial score (nSPS) is 12.2. The third-order valence-corrected chi connectivity index (χ3v) is 2.84. The molecular weight excluding hydrogens is 286 g/mol. The van der Waals surface area contributed by atoms with Gasteiger partial charge >= 0.3 is 0 Å². The molecule has 5 heteroatoms. The maximum absolute atomic E-state index is 11.8. The van der Waals surface area contributed by atoms with Gasteiger partial charge in [0.1, 0.15) is 0 Å². The molecule has 1 amide bonds. The molecule has 1 rings (SSSR count). The van der Waals surface area contributed by atoms with E-state index < -0.39 is 17.9 Å².